The largest absolute Gasteiger partial charge is 0.447 e. The summed E-state index contributed by atoms with van der Waals surface area (Å²) >= 11 is 0. The quantitative estimate of drug-likeness (QED) is 0.613. The lowest BCUT2D eigenvalue weighted by Gasteiger charge is -2.31. The molecule has 4 nitrogen and oxygen atoms in total. The molecule has 158 valence electrons. The highest BCUT2D eigenvalue weighted by atomic mass is 16.6. The molecular weight excluding hydrogens is 374 g/mol. The number of hydrogen-bond donors (Lipinski definition) is 0. The van der Waals surface area contributed by atoms with Crippen molar-refractivity contribution in [3.8, 4) is 0 Å². The third-order valence-electron chi connectivity index (χ3n) is 6.83. The molecule has 0 unspecified atom stereocenters. The zero-order valence-electron chi connectivity index (χ0n) is 17.7. The van der Waals surface area contributed by atoms with E-state index in [-0.39, 0.29) is 24.5 Å². The second kappa shape index (κ2) is 9.46. The van der Waals surface area contributed by atoms with Crippen molar-refractivity contribution >= 4 is 12.0 Å². The highest BCUT2D eigenvalue weighted by molar-refractivity contribution is 5.94. The van der Waals surface area contributed by atoms with Crippen LogP contribution in [0.15, 0.2) is 60.7 Å². The summed E-state index contributed by atoms with van der Waals surface area (Å²) < 4.78 is 5.42. The van der Waals surface area contributed by atoms with Gasteiger partial charge in [-0.05, 0) is 23.0 Å². The van der Waals surface area contributed by atoms with Crippen molar-refractivity contribution in [3.05, 3.63) is 71.8 Å². The molecule has 4 heteroatoms. The lowest BCUT2D eigenvalue weighted by molar-refractivity contribution is -0.130. The molecule has 2 aliphatic rings. The molecule has 0 bridgehead atoms. The number of ether oxygens (including phenoxy) is 1. The van der Waals surface area contributed by atoms with Crippen LogP contribution in [0, 0.1) is 11.8 Å². The van der Waals surface area contributed by atoms with Gasteiger partial charge in [0.05, 0.1) is 6.04 Å². The van der Waals surface area contributed by atoms with Crippen LogP contribution in [0.1, 0.15) is 62.5 Å². The van der Waals surface area contributed by atoms with Crippen molar-refractivity contribution in [1.82, 2.24) is 4.90 Å². The molecule has 1 aliphatic heterocycles. The maximum atomic E-state index is 13.3. The van der Waals surface area contributed by atoms with Gasteiger partial charge in [0.15, 0.2) is 0 Å². The average Bonchev–Trinajstić information content (AvgIpc) is 3.17. The van der Waals surface area contributed by atoms with Crippen molar-refractivity contribution in [3.63, 3.8) is 0 Å². The Morgan fingerprint density at radius 1 is 0.967 bits per heavy atom. The summed E-state index contributed by atoms with van der Waals surface area (Å²) in [5.74, 6) is 0.669. The predicted molar refractivity (Wildman–Crippen MR) is 117 cm³/mol. The van der Waals surface area contributed by atoms with Gasteiger partial charge in [-0.25, -0.2) is 9.69 Å². The number of amides is 2. The Morgan fingerprint density at radius 2 is 1.53 bits per heavy atom. The molecule has 2 amide bonds. The Morgan fingerprint density at radius 3 is 2.10 bits per heavy atom. The van der Waals surface area contributed by atoms with E-state index in [9.17, 15) is 9.59 Å². The van der Waals surface area contributed by atoms with Crippen LogP contribution in [-0.2, 0) is 9.53 Å². The Hall–Kier alpha value is -2.62. The van der Waals surface area contributed by atoms with Crippen molar-refractivity contribution in [1.29, 1.82) is 0 Å². The summed E-state index contributed by atoms with van der Waals surface area (Å²) in [5, 5.41) is 0. The van der Waals surface area contributed by atoms with E-state index in [0.717, 1.165) is 11.1 Å². The predicted octanol–water partition coefficient (Wildman–Crippen LogP) is 5.77. The van der Waals surface area contributed by atoms with Crippen molar-refractivity contribution in [2.45, 2.75) is 57.4 Å². The van der Waals surface area contributed by atoms with Crippen LogP contribution in [0.5, 0.6) is 0 Å². The van der Waals surface area contributed by atoms with Gasteiger partial charge in [-0.3, -0.25) is 4.79 Å². The number of carbonyl (C=O) groups excluding carboxylic acids is 2. The summed E-state index contributed by atoms with van der Waals surface area (Å²) in [4.78, 5) is 27.4. The molecule has 1 aliphatic carbocycles. The first-order valence-corrected chi connectivity index (χ1v) is 11.2. The van der Waals surface area contributed by atoms with E-state index in [1.54, 1.807) is 0 Å². The normalized spacial score (nSPS) is 20.9. The molecule has 1 saturated carbocycles. The highest BCUT2D eigenvalue weighted by Gasteiger charge is 2.43. The number of cyclic esters (lactones) is 1. The average molecular weight is 406 g/mol. The molecule has 30 heavy (non-hydrogen) atoms. The SMILES string of the molecule is C[C@@H](CC(=O)N1C(=O)OC[C@@H]1C(c1ccccc1)c1ccccc1)C1CCCCC1. The molecule has 1 saturated heterocycles. The fraction of sp³-hybridized carbons (Fsp3) is 0.462. The van der Waals surface area contributed by atoms with Crippen LogP contribution in [0.25, 0.3) is 0 Å². The monoisotopic (exact) mass is 405 g/mol. The number of rotatable bonds is 6. The summed E-state index contributed by atoms with van der Waals surface area (Å²) in [6.07, 6.45) is 6.10. The minimum atomic E-state index is -0.502. The number of hydrogen-bond acceptors (Lipinski definition) is 3. The van der Waals surface area contributed by atoms with Gasteiger partial charge in [-0.15, -0.1) is 0 Å². The Balaban J connectivity index is 1.59. The fourth-order valence-corrected chi connectivity index (χ4v) is 5.17. The zero-order chi connectivity index (χ0) is 20.9. The first-order valence-electron chi connectivity index (χ1n) is 11.2. The first kappa shape index (κ1) is 20.6. The van der Waals surface area contributed by atoms with E-state index < -0.39 is 6.09 Å². The second-order valence-corrected chi connectivity index (χ2v) is 8.79. The zero-order valence-corrected chi connectivity index (χ0v) is 17.7. The molecular formula is C26H31NO3. The number of benzene rings is 2. The summed E-state index contributed by atoms with van der Waals surface area (Å²) in [6, 6.07) is 19.9. The van der Waals surface area contributed by atoms with Gasteiger partial charge in [0.2, 0.25) is 5.91 Å². The van der Waals surface area contributed by atoms with Gasteiger partial charge in [0.25, 0.3) is 0 Å². The minimum Gasteiger partial charge on any atom is -0.447 e. The Kier molecular flexibility index (Phi) is 6.51. The minimum absolute atomic E-state index is 0.0996. The molecule has 2 aromatic rings. The van der Waals surface area contributed by atoms with E-state index in [1.807, 2.05) is 36.4 Å². The summed E-state index contributed by atoms with van der Waals surface area (Å²) in [5.41, 5.74) is 2.18. The molecule has 4 rings (SSSR count). The second-order valence-electron chi connectivity index (χ2n) is 8.79. The maximum Gasteiger partial charge on any atom is 0.417 e. The van der Waals surface area contributed by atoms with Crippen LogP contribution in [0.3, 0.4) is 0 Å². The molecule has 1 heterocycles. The lowest BCUT2D eigenvalue weighted by Crippen LogP contribution is -2.43. The lowest BCUT2D eigenvalue weighted by atomic mass is 9.79. The Bertz CT molecular complexity index is 806. The number of imide groups is 1. The van der Waals surface area contributed by atoms with Crippen LogP contribution < -0.4 is 0 Å². The van der Waals surface area contributed by atoms with Crippen molar-refractivity contribution in [2.24, 2.45) is 11.8 Å². The van der Waals surface area contributed by atoms with Crippen molar-refractivity contribution < 1.29 is 14.3 Å². The number of nitrogens with zero attached hydrogens (tertiary/aromatic N) is 1. The van der Waals surface area contributed by atoms with E-state index in [0.29, 0.717) is 18.3 Å². The van der Waals surface area contributed by atoms with Gasteiger partial charge in [-0.1, -0.05) is 99.7 Å². The molecule has 0 spiro atoms. The van der Waals surface area contributed by atoms with E-state index in [1.165, 1.54) is 37.0 Å². The van der Waals surface area contributed by atoms with Gasteiger partial charge < -0.3 is 4.74 Å². The maximum absolute atomic E-state index is 13.3. The Labute approximate surface area is 179 Å². The van der Waals surface area contributed by atoms with E-state index in [2.05, 4.69) is 31.2 Å². The van der Waals surface area contributed by atoms with Gasteiger partial charge in [0.1, 0.15) is 6.61 Å². The third-order valence-corrected chi connectivity index (χ3v) is 6.83. The van der Waals surface area contributed by atoms with Crippen LogP contribution in [-0.4, -0.2) is 29.5 Å². The van der Waals surface area contributed by atoms with E-state index in [4.69, 9.17) is 4.74 Å². The van der Waals surface area contributed by atoms with Gasteiger partial charge in [-0.2, -0.15) is 0 Å². The molecule has 0 N–H and O–H groups in total. The summed E-state index contributed by atoms with van der Waals surface area (Å²) in [7, 11) is 0. The van der Waals surface area contributed by atoms with Crippen LogP contribution in [0.4, 0.5) is 4.79 Å². The van der Waals surface area contributed by atoms with E-state index >= 15 is 0 Å². The molecule has 0 aromatic heterocycles. The topological polar surface area (TPSA) is 46.6 Å². The van der Waals surface area contributed by atoms with Crippen LogP contribution >= 0.6 is 0 Å². The molecule has 2 fully saturated rings. The third kappa shape index (κ3) is 4.43. The van der Waals surface area contributed by atoms with Crippen LogP contribution in [0.2, 0.25) is 0 Å². The fourth-order valence-electron chi connectivity index (χ4n) is 5.17. The number of carbonyl (C=O) groups is 2. The molecule has 2 atom stereocenters. The smallest absolute Gasteiger partial charge is 0.417 e. The molecule has 2 aromatic carbocycles. The summed E-state index contributed by atoms with van der Waals surface area (Å²) in [6.45, 7) is 2.40. The highest BCUT2D eigenvalue weighted by Crippen LogP contribution is 2.36. The molecule has 0 radical (unpaired) electrons. The van der Waals surface area contributed by atoms with Crippen molar-refractivity contribution in [2.75, 3.05) is 6.61 Å². The standard InChI is InChI=1S/C26H31NO3/c1-19(20-11-5-2-6-12-20)17-24(28)27-23(18-30-26(27)29)25(21-13-7-3-8-14-21)22-15-9-4-10-16-22/h3-4,7-10,13-16,19-20,23,25H,2,5-6,11-12,17-18H2,1H3/t19-,23+/m0/s1. The van der Waals surface area contributed by atoms with Gasteiger partial charge >= 0.3 is 6.09 Å². The van der Waals surface area contributed by atoms with Gasteiger partial charge in [0, 0.05) is 12.3 Å². The first-order chi connectivity index (χ1) is 14.6.